The van der Waals surface area contributed by atoms with Crippen molar-refractivity contribution in [3.05, 3.63) is 41.7 Å². The monoisotopic (exact) mass is 329 g/mol. The molecule has 0 amide bonds. The van der Waals surface area contributed by atoms with Gasteiger partial charge in [0.05, 0.1) is 18.3 Å². The van der Waals surface area contributed by atoms with Crippen molar-refractivity contribution >= 4 is 0 Å². The van der Waals surface area contributed by atoms with Gasteiger partial charge in [0.15, 0.2) is 11.5 Å². The number of hydrogen-bond donors (Lipinski definition) is 1. The van der Waals surface area contributed by atoms with Gasteiger partial charge in [0.2, 0.25) is 0 Å². The number of ether oxygens (including phenoxy) is 1. The average Bonchev–Trinajstić information content (AvgIpc) is 2.86. The van der Waals surface area contributed by atoms with Crippen molar-refractivity contribution < 1.29 is 9.84 Å². The van der Waals surface area contributed by atoms with Crippen LogP contribution in [0.25, 0.3) is 0 Å². The lowest BCUT2D eigenvalue weighted by molar-refractivity contribution is 0.187. The summed E-state index contributed by atoms with van der Waals surface area (Å²) in [5, 5.41) is 14.5. The highest BCUT2D eigenvalue weighted by atomic mass is 16.5. The Kier molecular flexibility index (Phi) is 5.41. The Morgan fingerprint density at radius 2 is 2.12 bits per heavy atom. The maximum atomic E-state index is 9.90. The van der Waals surface area contributed by atoms with Gasteiger partial charge in [-0.1, -0.05) is 18.9 Å². The highest BCUT2D eigenvalue weighted by Gasteiger charge is 2.24. The quantitative estimate of drug-likeness (QED) is 0.910. The van der Waals surface area contributed by atoms with Crippen LogP contribution >= 0.6 is 0 Å². The predicted octanol–water partition coefficient (Wildman–Crippen LogP) is 3.64. The lowest BCUT2D eigenvalue weighted by Crippen LogP contribution is -2.28. The second-order valence-electron chi connectivity index (χ2n) is 6.48. The molecule has 0 radical (unpaired) electrons. The molecule has 0 bridgehead atoms. The molecule has 1 N–H and O–H groups in total. The summed E-state index contributed by atoms with van der Waals surface area (Å²) in [5.74, 6) is 0.775. The van der Waals surface area contributed by atoms with Gasteiger partial charge in [-0.25, -0.2) is 0 Å². The van der Waals surface area contributed by atoms with Gasteiger partial charge >= 0.3 is 0 Å². The number of rotatable bonds is 5. The van der Waals surface area contributed by atoms with Gasteiger partial charge in [-0.2, -0.15) is 5.10 Å². The number of hydrogen-bond acceptors (Lipinski definition) is 4. The first kappa shape index (κ1) is 16.8. The number of likely N-dealkylation sites (tertiary alicyclic amines) is 1. The summed E-state index contributed by atoms with van der Waals surface area (Å²) in [6.45, 7) is 4.41. The maximum absolute atomic E-state index is 9.90. The predicted molar refractivity (Wildman–Crippen MR) is 94.1 cm³/mol. The van der Waals surface area contributed by atoms with E-state index >= 15 is 0 Å². The normalized spacial score (nSPS) is 19.2. The van der Waals surface area contributed by atoms with Gasteiger partial charge in [0.1, 0.15) is 0 Å². The van der Waals surface area contributed by atoms with Crippen LogP contribution in [0.15, 0.2) is 30.5 Å². The molecule has 1 aliphatic heterocycles. The molecule has 0 spiro atoms. The zero-order chi connectivity index (χ0) is 16.9. The highest BCUT2D eigenvalue weighted by Crippen LogP contribution is 2.32. The fourth-order valence-electron chi connectivity index (χ4n) is 3.47. The van der Waals surface area contributed by atoms with Crippen LogP contribution < -0.4 is 4.74 Å². The molecule has 1 atom stereocenters. The van der Waals surface area contributed by atoms with E-state index in [9.17, 15) is 5.11 Å². The maximum Gasteiger partial charge on any atom is 0.161 e. The van der Waals surface area contributed by atoms with Crippen LogP contribution in [0.5, 0.6) is 11.5 Å². The van der Waals surface area contributed by atoms with Crippen LogP contribution in [0.1, 0.15) is 49.9 Å². The third kappa shape index (κ3) is 3.90. The van der Waals surface area contributed by atoms with Gasteiger partial charge in [-0.15, -0.1) is 0 Å². The van der Waals surface area contributed by atoms with E-state index in [4.69, 9.17) is 4.74 Å². The van der Waals surface area contributed by atoms with Gasteiger partial charge in [-0.05, 0) is 50.1 Å². The minimum Gasteiger partial charge on any atom is -0.504 e. The fraction of sp³-hybridized carbons (Fsp3) is 0.526. The summed E-state index contributed by atoms with van der Waals surface area (Å²) in [4.78, 5) is 2.51. The number of benzene rings is 1. The van der Waals surface area contributed by atoms with Crippen molar-refractivity contribution in [1.29, 1.82) is 0 Å². The molecule has 1 aromatic carbocycles. The third-order valence-electron chi connectivity index (χ3n) is 4.65. The van der Waals surface area contributed by atoms with Crippen molar-refractivity contribution in [2.45, 2.75) is 45.2 Å². The summed E-state index contributed by atoms with van der Waals surface area (Å²) in [5.41, 5.74) is 2.32. The lowest BCUT2D eigenvalue weighted by Gasteiger charge is -2.29. The van der Waals surface area contributed by atoms with E-state index in [2.05, 4.69) is 16.1 Å². The van der Waals surface area contributed by atoms with Crippen LogP contribution in [0.3, 0.4) is 0 Å². The van der Waals surface area contributed by atoms with Gasteiger partial charge < -0.3 is 9.84 Å². The first-order chi connectivity index (χ1) is 11.7. The zero-order valence-corrected chi connectivity index (χ0v) is 14.6. The van der Waals surface area contributed by atoms with Crippen LogP contribution in [-0.2, 0) is 13.6 Å². The zero-order valence-electron chi connectivity index (χ0n) is 14.6. The molecule has 2 heterocycles. The van der Waals surface area contributed by atoms with E-state index in [0.29, 0.717) is 18.4 Å². The summed E-state index contributed by atoms with van der Waals surface area (Å²) in [7, 11) is 1.97. The van der Waals surface area contributed by atoms with Crippen LogP contribution in [0, 0.1) is 0 Å². The molecule has 0 unspecified atom stereocenters. The summed E-state index contributed by atoms with van der Waals surface area (Å²) < 4.78 is 7.40. The van der Waals surface area contributed by atoms with Crippen LogP contribution in [0.4, 0.5) is 0 Å². The Morgan fingerprint density at radius 3 is 2.88 bits per heavy atom. The van der Waals surface area contributed by atoms with E-state index < -0.39 is 0 Å². The average molecular weight is 329 g/mol. The molecule has 2 aromatic rings. The van der Waals surface area contributed by atoms with Crippen LogP contribution in [-0.4, -0.2) is 32.9 Å². The largest absolute Gasteiger partial charge is 0.504 e. The van der Waals surface area contributed by atoms with Crippen molar-refractivity contribution in [3.8, 4) is 11.5 Å². The molecule has 24 heavy (non-hydrogen) atoms. The Balaban J connectivity index is 1.81. The van der Waals surface area contributed by atoms with Crippen molar-refractivity contribution in [2.24, 2.45) is 7.05 Å². The van der Waals surface area contributed by atoms with E-state index in [1.165, 1.54) is 24.8 Å². The minimum absolute atomic E-state index is 0.206. The molecule has 0 saturated carbocycles. The molecule has 0 aliphatic carbocycles. The molecule has 1 aromatic heterocycles. The Hall–Kier alpha value is -2.01. The molecule has 1 fully saturated rings. The van der Waals surface area contributed by atoms with E-state index in [1.54, 1.807) is 6.07 Å². The summed E-state index contributed by atoms with van der Waals surface area (Å²) in [6, 6.07) is 8.16. The lowest BCUT2D eigenvalue weighted by atomic mass is 10.1. The SMILES string of the molecule is CCOc1cc(CN2CCCCC[C@@H]2c2ccn(C)n2)ccc1O. The number of aromatic hydroxyl groups is 1. The Bertz CT molecular complexity index is 668. The number of aryl methyl sites for hydroxylation is 1. The van der Waals surface area contributed by atoms with Crippen LogP contribution in [0.2, 0.25) is 0 Å². The molecule has 1 saturated heterocycles. The van der Waals surface area contributed by atoms with E-state index in [0.717, 1.165) is 25.2 Å². The van der Waals surface area contributed by atoms with Gasteiger partial charge in [-0.3, -0.25) is 9.58 Å². The first-order valence-electron chi connectivity index (χ1n) is 8.85. The molecular weight excluding hydrogens is 302 g/mol. The molecule has 5 heteroatoms. The fourth-order valence-corrected chi connectivity index (χ4v) is 3.47. The molecule has 3 rings (SSSR count). The smallest absolute Gasteiger partial charge is 0.161 e. The molecular formula is C19H27N3O2. The number of phenols is 1. The third-order valence-corrected chi connectivity index (χ3v) is 4.65. The second-order valence-corrected chi connectivity index (χ2v) is 6.48. The molecule has 1 aliphatic rings. The number of nitrogens with zero attached hydrogens (tertiary/aromatic N) is 3. The number of aromatic nitrogens is 2. The second kappa shape index (κ2) is 7.71. The van der Waals surface area contributed by atoms with Crippen molar-refractivity contribution in [1.82, 2.24) is 14.7 Å². The van der Waals surface area contributed by atoms with E-state index in [1.807, 2.05) is 37.0 Å². The first-order valence-corrected chi connectivity index (χ1v) is 8.85. The van der Waals surface area contributed by atoms with E-state index in [-0.39, 0.29) is 5.75 Å². The van der Waals surface area contributed by atoms with Crippen molar-refractivity contribution in [3.63, 3.8) is 0 Å². The molecule has 130 valence electrons. The van der Waals surface area contributed by atoms with Crippen molar-refractivity contribution in [2.75, 3.05) is 13.2 Å². The Morgan fingerprint density at radius 1 is 1.25 bits per heavy atom. The highest BCUT2D eigenvalue weighted by molar-refractivity contribution is 5.41. The summed E-state index contributed by atoms with van der Waals surface area (Å²) >= 11 is 0. The summed E-state index contributed by atoms with van der Waals surface area (Å²) in [6.07, 6.45) is 6.91. The van der Waals surface area contributed by atoms with Gasteiger partial charge in [0, 0.05) is 19.8 Å². The Labute approximate surface area is 143 Å². The standard InChI is InChI=1S/C19H27N3O2/c1-3-24-19-13-15(8-9-18(19)23)14-22-11-6-4-5-7-17(22)16-10-12-21(2)20-16/h8-10,12-13,17,23H,3-7,11,14H2,1-2H3/t17-/m1/s1. The number of phenolic OH excluding ortho intramolecular Hbond substituents is 1. The topological polar surface area (TPSA) is 50.5 Å². The minimum atomic E-state index is 0.206. The molecule has 5 nitrogen and oxygen atoms in total. The van der Waals surface area contributed by atoms with Gasteiger partial charge in [0.25, 0.3) is 0 Å².